The second kappa shape index (κ2) is 4.82. The number of rotatable bonds is 3. The summed E-state index contributed by atoms with van der Waals surface area (Å²) in [5.74, 6) is 0.562. The molecule has 0 aliphatic rings. The van der Waals surface area contributed by atoms with E-state index in [1.54, 1.807) is 6.07 Å². The average Bonchev–Trinajstić information content (AvgIpc) is 2.80. The Bertz CT molecular complexity index is 718. The second-order valence-electron chi connectivity index (χ2n) is 4.49. The third-order valence-corrected chi connectivity index (χ3v) is 3.19. The number of aromatic amines is 1. The van der Waals surface area contributed by atoms with Crippen LogP contribution in [0.4, 0.5) is 4.39 Å². The van der Waals surface area contributed by atoms with Crippen molar-refractivity contribution in [2.75, 3.05) is 0 Å². The number of benzene rings is 2. The van der Waals surface area contributed by atoms with E-state index < -0.39 is 0 Å². The van der Waals surface area contributed by atoms with Gasteiger partial charge in [-0.3, -0.25) is 0 Å². The van der Waals surface area contributed by atoms with Crippen molar-refractivity contribution in [1.82, 2.24) is 9.97 Å². The van der Waals surface area contributed by atoms with Crippen LogP contribution in [0.1, 0.15) is 17.0 Å². The smallest absolute Gasteiger partial charge is 0.125 e. The van der Waals surface area contributed by atoms with Gasteiger partial charge in [-0.15, -0.1) is 0 Å². The average molecular weight is 255 g/mol. The number of nitrogens with one attached hydrogen (secondary N) is 1. The van der Waals surface area contributed by atoms with Gasteiger partial charge in [-0.1, -0.05) is 24.3 Å². The first-order valence-corrected chi connectivity index (χ1v) is 6.17. The van der Waals surface area contributed by atoms with Crippen LogP contribution in [0, 0.1) is 5.82 Å². The van der Waals surface area contributed by atoms with Crippen molar-refractivity contribution >= 4 is 11.0 Å². The summed E-state index contributed by atoms with van der Waals surface area (Å²) in [7, 11) is 0. The predicted molar refractivity (Wildman–Crippen MR) is 73.2 cm³/mol. The molecule has 0 aliphatic heterocycles. The van der Waals surface area contributed by atoms with Gasteiger partial charge in [-0.05, 0) is 29.3 Å². The van der Waals surface area contributed by atoms with Crippen molar-refractivity contribution in [1.29, 1.82) is 0 Å². The van der Waals surface area contributed by atoms with E-state index >= 15 is 0 Å². The lowest BCUT2D eigenvalue weighted by molar-refractivity contribution is 0.629. The zero-order valence-electron chi connectivity index (χ0n) is 10.4. The lowest BCUT2D eigenvalue weighted by Gasteiger charge is -2.05. The summed E-state index contributed by atoms with van der Waals surface area (Å²) in [5, 5.41) is 0. The molecular formula is C15H14FN3. The summed E-state index contributed by atoms with van der Waals surface area (Å²) in [4.78, 5) is 7.61. The molecule has 0 unspecified atom stereocenters. The molecule has 0 spiro atoms. The van der Waals surface area contributed by atoms with E-state index in [1.807, 2.05) is 24.3 Å². The third kappa shape index (κ3) is 2.35. The van der Waals surface area contributed by atoms with Crippen LogP contribution in [-0.2, 0) is 13.0 Å². The monoisotopic (exact) mass is 255 g/mol. The van der Waals surface area contributed by atoms with Gasteiger partial charge < -0.3 is 10.7 Å². The van der Waals surface area contributed by atoms with Crippen LogP contribution < -0.4 is 5.73 Å². The Hall–Kier alpha value is -2.20. The first kappa shape index (κ1) is 11.9. The Morgan fingerprint density at radius 2 is 1.89 bits per heavy atom. The molecule has 0 bridgehead atoms. The summed E-state index contributed by atoms with van der Waals surface area (Å²) >= 11 is 0. The zero-order chi connectivity index (χ0) is 13.2. The van der Waals surface area contributed by atoms with Gasteiger partial charge in [0.25, 0.3) is 0 Å². The molecule has 1 heterocycles. The van der Waals surface area contributed by atoms with Crippen LogP contribution in [0.25, 0.3) is 11.0 Å². The Morgan fingerprint density at radius 3 is 2.68 bits per heavy atom. The maximum absolute atomic E-state index is 13.1. The van der Waals surface area contributed by atoms with Crippen LogP contribution in [-0.4, -0.2) is 9.97 Å². The molecule has 19 heavy (non-hydrogen) atoms. The fourth-order valence-corrected chi connectivity index (χ4v) is 2.23. The molecule has 0 aliphatic carbocycles. The highest BCUT2D eigenvalue weighted by atomic mass is 19.1. The molecule has 3 aromatic rings. The van der Waals surface area contributed by atoms with E-state index in [0.717, 1.165) is 28.0 Å². The van der Waals surface area contributed by atoms with E-state index in [0.29, 0.717) is 13.0 Å². The van der Waals surface area contributed by atoms with Crippen LogP contribution in [0.3, 0.4) is 0 Å². The van der Waals surface area contributed by atoms with E-state index in [-0.39, 0.29) is 5.82 Å². The number of halogens is 1. The highest BCUT2D eigenvalue weighted by Gasteiger charge is 2.07. The first-order valence-electron chi connectivity index (χ1n) is 6.17. The number of H-pyrrole nitrogens is 1. The molecule has 1 aromatic heterocycles. The summed E-state index contributed by atoms with van der Waals surface area (Å²) in [6.45, 7) is 0.505. The van der Waals surface area contributed by atoms with Crippen LogP contribution in [0.2, 0.25) is 0 Å². The van der Waals surface area contributed by atoms with Crippen LogP contribution in [0.15, 0.2) is 42.5 Å². The molecule has 0 saturated carbocycles. The number of nitrogens with zero attached hydrogens (tertiary/aromatic N) is 1. The first-order chi connectivity index (χ1) is 9.26. The Balaban J connectivity index is 1.96. The van der Waals surface area contributed by atoms with Gasteiger partial charge in [0.05, 0.1) is 11.0 Å². The van der Waals surface area contributed by atoms with E-state index in [1.165, 1.54) is 12.1 Å². The molecule has 0 amide bonds. The number of aromatic nitrogens is 2. The van der Waals surface area contributed by atoms with Gasteiger partial charge >= 0.3 is 0 Å². The van der Waals surface area contributed by atoms with Gasteiger partial charge in [0, 0.05) is 13.0 Å². The number of imidazole rings is 1. The van der Waals surface area contributed by atoms with E-state index in [4.69, 9.17) is 5.73 Å². The van der Waals surface area contributed by atoms with Crippen molar-refractivity contribution in [3.63, 3.8) is 0 Å². The molecule has 3 nitrogen and oxygen atoms in total. The molecule has 0 saturated heterocycles. The maximum atomic E-state index is 13.1. The molecule has 2 aromatic carbocycles. The largest absolute Gasteiger partial charge is 0.342 e. The predicted octanol–water partition coefficient (Wildman–Crippen LogP) is 2.75. The van der Waals surface area contributed by atoms with Gasteiger partial charge in [0.2, 0.25) is 0 Å². The number of hydrogen-bond acceptors (Lipinski definition) is 2. The third-order valence-electron chi connectivity index (χ3n) is 3.19. The minimum absolute atomic E-state index is 0.259. The van der Waals surface area contributed by atoms with E-state index in [2.05, 4.69) is 9.97 Å². The molecule has 3 N–H and O–H groups in total. The Morgan fingerprint density at radius 1 is 1.11 bits per heavy atom. The molecule has 3 rings (SSSR count). The van der Waals surface area contributed by atoms with Crippen LogP contribution >= 0.6 is 0 Å². The molecular weight excluding hydrogens is 241 g/mol. The van der Waals surface area contributed by atoms with Gasteiger partial charge in [-0.2, -0.15) is 0 Å². The van der Waals surface area contributed by atoms with Crippen molar-refractivity contribution in [2.24, 2.45) is 5.73 Å². The van der Waals surface area contributed by atoms with Crippen molar-refractivity contribution in [3.8, 4) is 0 Å². The number of nitrogens with two attached hydrogens (primary N) is 1. The summed E-state index contributed by atoms with van der Waals surface area (Å²) in [6, 6.07) is 12.6. The quantitative estimate of drug-likeness (QED) is 0.756. The maximum Gasteiger partial charge on any atom is 0.125 e. The van der Waals surface area contributed by atoms with Crippen LogP contribution in [0.5, 0.6) is 0 Å². The van der Waals surface area contributed by atoms with Crippen molar-refractivity contribution < 1.29 is 4.39 Å². The van der Waals surface area contributed by atoms with Crippen molar-refractivity contribution in [3.05, 3.63) is 65.2 Å². The number of fused-ring (bicyclic) bond motifs is 1. The van der Waals surface area contributed by atoms with Crippen molar-refractivity contribution in [2.45, 2.75) is 13.0 Å². The standard InChI is InChI=1S/C15H14FN3/c16-12-5-6-13-14(8-12)19-15(18-13)7-10-3-1-2-4-11(10)9-17/h1-6,8H,7,9,17H2,(H,18,19). The second-order valence-corrected chi connectivity index (χ2v) is 4.49. The summed E-state index contributed by atoms with van der Waals surface area (Å²) in [5.41, 5.74) is 9.47. The zero-order valence-corrected chi connectivity index (χ0v) is 10.4. The minimum atomic E-state index is -0.259. The lowest BCUT2D eigenvalue weighted by atomic mass is 10.0. The van der Waals surface area contributed by atoms with Gasteiger partial charge in [0.1, 0.15) is 11.6 Å². The summed E-state index contributed by atoms with van der Waals surface area (Å²) < 4.78 is 13.1. The molecule has 96 valence electrons. The molecule has 0 atom stereocenters. The topological polar surface area (TPSA) is 54.7 Å². The lowest BCUT2D eigenvalue weighted by Crippen LogP contribution is -2.02. The summed E-state index contributed by atoms with van der Waals surface area (Å²) in [6.07, 6.45) is 0.670. The molecule has 4 heteroatoms. The Labute approximate surface area is 110 Å². The molecule has 0 fully saturated rings. The number of hydrogen-bond donors (Lipinski definition) is 2. The fraction of sp³-hybridized carbons (Fsp3) is 0.133. The molecule has 0 radical (unpaired) electrons. The normalized spacial score (nSPS) is 11.1. The SMILES string of the molecule is NCc1ccccc1Cc1nc2ccc(F)cc2[nH]1. The minimum Gasteiger partial charge on any atom is -0.342 e. The van der Waals surface area contributed by atoms with Gasteiger partial charge in [-0.25, -0.2) is 9.37 Å². The highest BCUT2D eigenvalue weighted by Crippen LogP contribution is 2.17. The fourth-order valence-electron chi connectivity index (χ4n) is 2.23. The highest BCUT2D eigenvalue weighted by molar-refractivity contribution is 5.75. The van der Waals surface area contributed by atoms with E-state index in [9.17, 15) is 4.39 Å². The van der Waals surface area contributed by atoms with Gasteiger partial charge in [0.15, 0.2) is 0 Å². The Kier molecular flexibility index (Phi) is 3.01.